The number of hydrogen-bond acceptors (Lipinski definition) is 4. The number of nitrogens with one attached hydrogen (secondary N) is 1. The quantitative estimate of drug-likeness (QED) is 0.884. The van der Waals surface area contributed by atoms with Crippen LogP contribution in [0.1, 0.15) is 37.0 Å². The molecule has 1 spiro atoms. The molecule has 1 aromatic carbocycles. The third-order valence-corrected chi connectivity index (χ3v) is 6.89. The number of benzene rings is 1. The molecule has 1 fully saturated rings. The van der Waals surface area contributed by atoms with Crippen molar-refractivity contribution in [2.75, 3.05) is 19.6 Å². The van der Waals surface area contributed by atoms with Crippen LogP contribution in [-0.2, 0) is 10.0 Å². The number of sulfonamides is 1. The zero-order chi connectivity index (χ0) is 16.7. The standard InChI is InChI=1S/C16H22N2O4S/c1-12(2)23(20,21)18-9-7-16(8-10-18)11-17-15(19)13-5-3-4-6-14(13)22-16/h3-6,12H,7-11H2,1-2H3,(H,17,19). The topological polar surface area (TPSA) is 75.7 Å². The normalized spacial score (nSPS) is 21.4. The molecule has 7 heteroatoms. The second kappa shape index (κ2) is 5.79. The second-order valence-electron chi connectivity index (χ2n) is 6.46. The third kappa shape index (κ3) is 2.95. The number of rotatable bonds is 2. The van der Waals surface area contributed by atoms with Gasteiger partial charge in [-0.2, -0.15) is 0 Å². The van der Waals surface area contributed by atoms with Crippen molar-refractivity contribution in [2.45, 2.75) is 37.5 Å². The van der Waals surface area contributed by atoms with Crippen LogP contribution >= 0.6 is 0 Å². The fourth-order valence-electron chi connectivity index (χ4n) is 3.07. The highest BCUT2D eigenvalue weighted by molar-refractivity contribution is 7.89. The average Bonchev–Trinajstić information content (AvgIpc) is 2.66. The molecular weight excluding hydrogens is 316 g/mol. The van der Waals surface area contributed by atoms with E-state index >= 15 is 0 Å². The van der Waals surface area contributed by atoms with Gasteiger partial charge in [0.1, 0.15) is 11.4 Å². The molecule has 1 saturated heterocycles. The lowest BCUT2D eigenvalue weighted by Crippen LogP contribution is -2.54. The maximum Gasteiger partial charge on any atom is 0.255 e. The molecule has 2 aliphatic rings. The number of carbonyl (C=O) groups is 1. The van der Waals surface area contributed by atoms with Crippen molar-refractivity contribution < 1.29 is 17.9 Å². The molecule has 0 radical (unpaired) electrons. The summed E-state index contributed by atoms with van der Waals surface area (Å²) in [6.07, 6.45) is 1.13. The fraction of sp³-hybridized carbons (Fsp3) is 0.562. The molecule has 2 aliphatic heterocycles. The molecule has 0 atom stereocenters. The Morgan fingerprint density at radius 3 is 2.52 bits per heavy atom. The van der Waals surface area contributed by atoms with Crippen molar-refractivity contribution in [3.8, 4) is 5.75 Å². The van der Waals surface area contributed by atoms with E-state index in [9.17, 15) is 13.2 Å². The van der Waals surface area contributed by atoms with Gasteiger partial charge in [-0.3, -0.25) is 4.79 Å². The van der Waals surface area contributed by atoms with Crippen LogP contribution in [0, 0.1) is 0 Å². The molecule has 2 heterocycles. The summed E-state index contributed by atoms with van der Waals surface area (Å²) in [7, 11) is -3.25. The summed E-state index contributed by atoms with van der Waals surface area (Å²) in [6, 6.07) is 7.17. The SMILES string of the molecule is CC(C)S(=O)(=O)N1CCC2(CC1)CNC(=O)c1ccccc1O2. The molecule has 6 nitrogen and oxygen atoms in total. The molecule has 126 valence electrons. The maximum atomic E-state index is 12.3. The number of para-hydroxylation sites is 1. The molecule has 0 unspecified atom stereocenters. The largest absolute Gasteiger partial charge is 0.485 e. The van der Waals surface area contributed by atoms with Crippen molar-refractivity contribution in [2.24, 2.45) is 0 Å². The van der Waals surface area contributed by atoms with Crippen molar-refractivity contribution >= 4 is 15.9 Å². The van der Waals surface area contributed by atoms with Gasteiger partial charge in [0.15, 0.2) is 0 Å². The van der Waals surface area contributed by atoms with Crippen molar-refractivity contribution in [3.63, 3.8) is 0 Å². The van der Waals surface area contributed by atoms with E-state index in [1.807, 2.05) is 6.07 Å². The van der Waals surface area contributed by atoms with Gasteiger partial charge in [0, 0.05) is 25.9 Å². The zero-order valence-electron chi connectivity index (χ0n) is 13.4. The average molecular weight is 338 g/mol. The first kappa shape index (κ1) is 16.3. The van der Waals surface area contributed by atoms with Gasteiger partial charge in [-0.15, -0.1) is 0 Å². The summed E-state index contributed by atoms with van der Waals surface area (Å²) in [5, 5.41) is 2.48. The number of amides is 1. The summed E-state index contributed by atoms with van der Waals surface area (Å²) >= 11 is 0. The third-order valence-electron chi connectivity index (χ3n) is 4.62. The number of fused-ring (bicyclic) bond motifs is 1. The predicted octanol–water partition coefficient (Wildman–Crippen LogP) is 1.38. The van der Waals surface area contributed by atoms with E-state index in [0.717, 1.165) is 0 Å². The first-order chi connectivity index (χ1) is 10.8. The zero-order valence-corrected chi connectivity index (χ0v) is 14.2. The minimum atomic E-state index is -3.25. The van der Waals surface area contributed by atoms with Gasteiger partial charge in [0.25, 0.3) is 5.91 Å². The van der Waals surface area contributed by atoms with E-state index in [0.29, 0.717) is 43.8 Å². The summed E-state index contributed by atoms with van der Waals surface area (Å²) in [4.78, 5) is 12.1. The predicted molar refractivity (Wildman–Crippen MR) is 87.0 cm³/mol. The summed E-state index contributed by atoms with van der Waals surface area (Å²) in [5.74, 6) is 0.428. The molecule has 0 bridgehead atoms. The Hall–Kier alpha value is -1.60. The van der Waals surface area contributed by atoms with Crippen molar-refractivity contribution in [1.82, 2.24) is 9.62 Å². The maximum absolute atomic E-state index is 12.3. The Bertz CT molecular complexity index is 707. The van der Waals surface area contributed by atoms with Crippen LogP contribution in [-0.4, -0.2) is 49.1 Å². The molecular formula is C16H22N2O4S. The van der Waals surface area contributed by atoms with Gasteiger partial charge >= 0.3 is 0 Å². The monoisotopic (exact) mass is 338 g/mol. The van der Waals surface area contributed by atoms with Crippen LogP contribution < -0.4 is 10.1 Å². The summed E-state index contributed by atoms with van der Waals surface area (Å²) in [6.45, 7) is 4.61. The Morgan fingerprint density at radius 1 is 1.22 bits per heavy atom. The van der Waals surface area contributed by atoms with Gasteiger partial charge in [0.2, 0.25) is 10.0 Å². The Labute approximate surface area is 136 Å². The second-order valence-corrected chi connectivity index (χ2v) is 8.95. The van der Waals surface area contributed by atoms with Crippen LogP contribution in [0.2, 0.25) is 0 Å². The smallest absolute Gasteiger partial charge is 0.255 e. The van der Waals surface area contributed by atoms with Crippen LogP contribution in [0.4, 0.5) is 0 Å². The highest BCUT2D eigenvalue weighted by Crippen LogP contribution is 2.33. The number of nitrogens with zero attached hydrogens (tertiary/aromatic N) is 1. The van der Waals surface area contributed by atoms with E-state index < -0.39 is 20.9 Å². The lowest BCUT2D eigenvalue weighted by molar-refractivity contribution is 0.0245. The van der Waals surface area contributed by atoms with Gasteiger partial charge in [-0.1, -0.05) is 12.1 Å². The van der Waals surface area contributed by atoms with E-state index in [-0.39, 0.29) is 5.91 Å². The molecule has 0 aliphatic carbocycles. The minimum Gasteiger partial charge on any atom is -0.485 e. The number of hydrogen-bond donors (Lipinski definition) is 1. The van der Waals surface area contributed by atoms with Crippen molar-refractivity contribution in [1.29, 1.82) is 0 Å². The summed E-state index contributed by atoms with van der Waals surface area (Å²) in [5.41, 5.74) is -0.00718. The Balaban J connectivity index is 1.80. The highest BCUT2D eigenvalue weighted by Gasteiger charge is 2.42. The highest BCUT2D eigenvalue weighted by atomic mass is 32.2. The van der Waals surface area contributed by atoms with Gasteiger partial charge < -0.3 is 10.1 Å². The van der Waals surface area contributed by atoms with Crippen LogP contribution in [0.15, 0.2) is 24.3 Å². The van der Waals surface area contributed by atoms with E-state index in [2.05, 4.69) is 5.32 Å². The molecule has 1 N–H and O–H groups in total. The van der Waals surface area contributed by atoms with Gasteiger partial charge in [-0.25, -0.2) is 12.7 Å². The Morgan fingerprint density at radius 2 is 1.87 bits per heavy atom. The van der Waals surface area contributed by atoms with Crippen molar-refractivity contribution in [3.05, 3.63) is 29.8 Å². The Kier molecular flexibility index (Phi) is 4.10. The summed E-state index contributed by atoms with van der Waals surface area (Å²) < 4.78 is 32.3. The van der Waals surface area contributed by atoms with Crippen LogP contribution in [0.5, 0.6) is 5.75 Å². The molecule has 3 rings (SSSR count). The van der Waals surface area contributed by atoms with E-state index in [4.69, 9.17) is 4.74 Å². The first-order valence-corrected chi connectivity index (χ1v) is 9.40. The molecule has 1 aromatic rings. The number of ether oxygens (including phenoxy) is 1. The van der Waals surface area contributed by atoms with E-state index in [1.165, 1.54) is 4.31 Å². The van der Waals surface area contributed by atoms with Gasteiger partial charge in [0.05, 0.1) is 17.4 Å². The lowest BCUT2D eigenvalue weighted by atomic mass is 9.92. The molecule has 0 aromatic heterocycles. The van der Waals surface area contributed by atoms with Crippen LogP contribution in [0.3, 0.4) is 0 Å². The minimum absolute atomic E-state index is 0.144. The molecule has 1 amide bonds. The first-order valence-electron chi connectivity index (χ1n) is 7.89. The van der Waals surface area contributed by atoms with Crippen LogP contribution in [0.25, 0.3) is 0 Å². The van der Waals surface area contributed by atoms with E-state index in [1.54, 1.807) is 32.0 Å². The number of carbonyl (C=O) groups excluding carboxylic acids is 1. The lowest BCUT2D eigenvalue weighted by Gasteiger charge is -2.40. The number of piperidine rings is 1. The molecule has 0 saturated carbocycles. The van der Waals surface area contributed by atoms with Gasteiger partial charge in [-0.05, 0) is 26.0 Å². The fourth-order valence-corrected chi connectivity index (χ4v) is 4.36. The molecule has 23 heavy (non-hydrogen) atoms.